The van der Waals surface area contributed by atoms with Crippen LogP contribution in [0.1, 0.15) is 10.4 Å². The van der Waals surface area contributed by atoms with Gasteiger partial charge in [0.2, 0.25) is 5.91 Å². The topological polar surface area (TPSA) is 139 Å². The van der Waals surface area contributed by atoms with Crippen molar-refractivity contribution in [3.8, 4) is 11.5 Å². The van der Waals surface area contributed by atoms with Crippen LogP contribution in [-0.2, 0) is 16.1 Å². The minimum Gasteiger partial charge on any atom is -0.486 e. The fraction of sp³-hybridized carbons (Fsp3) is 0.278. The minimum atomic E-state index is -1.03. The Kier molecular flexibility index (Phi) is 5.77. The zero-order chi connectivity index (χ0) is 21.0. The number of esters is 1. The molecule has 2 heterocycles. The Morgan fingerprint density at radius 1 is 1.34 bits per heavy atom. The molecule has 1 amide bonds. The summed E-state index contributed by atoms with van der Waals surface area (Å²) in [6.07, 6.45) is 0.450. The van der Waals surface area contributed by atoms with E-state index >= 15 is 0 Å². The summed E-state index contributed by atoms with van der Waals surface area (Å²) in [7, 11) is 1.04. The number of benzene rings is 1. The molecule has 0 spiro atoms. The Labute approximate surface area is 163 Å². The lowest BCUT2D eigenvalue weighted by molar-refractivity contribution is -0.385. The molecule has 1 aromatic carbocycles. The van der Waals surface area contributed by atoms with Crippen LogP contribution in [0, 0.1) is 10.1 Å². The van der Waals surface area contributed by atoms with Gasteiger partial charge in [-0.25, -0.2) is 4.79 Å². The zero-order valence-corrected chi connectivity index (χ0v) is 15.3. The van der Waals surface area contributed by atoms with Crippen molar-refractivity contribution in [3.63, 3.8) is 0 Å². The maximum Gasteiger partial charge on any atom is 0.343 e. The van der Waals surface area contributed by atoms with Gasteiger partial charge in [-0.3, -0.25) is 24.3 Å². The fourth-order valence-corrected chi connectivity index (χ4v) is 2.70. The van der Waals surface area contributed by atoms with E-state index in [1.807, 2.05) is 6.07 Å². The number of nitrogens with one attached hydrogen (secondary N) is 1. The first-order chi connectivity index (χ1) is 13.9. The molecule has 11 heteroatoms. The van der Waals surface area contributed by atoms with E-state index in [1.165, 1.54) is 0 Å². The summed E-state index contributed by atoms with van der Waals surface area (Å²) in [5.74, 6) is -0.464. The van der Waals surface area contributed by atoms with Crippen LogP contribution in [0.2, 0.25) is 0 Å². The number of pyridine rings is 1. The predicted octanol–water partition coefficient (Wildman–Crippen LogP) is 0.499. The van der Waals surface area contributed by atoms with Gasteiger partial charge in [-0.15, -0.1) is 0 Å². The van der Waals surface area contributed by atoms with E-state index < -0.39 is 46.3 Å². The number of methoxy groups -OCH3 is 1. The summed E-state index contributed by atoms with van der Waals surface area (Å²) in [6.45, 7) is -0.198. The maximum absolute atomic E-state index is 12.3. The van der Waals surface area contributed by atoms with Crippen molar-refractivity contribution in [1.82, 2.24) is 9.88 Å². The molecule has 11 nitrogen and oxygen atoms in total. The zero-order valence-electron chi connectivity index (χ0n) is 15.3. The maximum atomic E-state index is 12.3. The van der Waals surface area contributed by atoms with Crippen LogP contribution in [0.15, 0.2) is 41.3 Å². The molecule has 1 aliphatic rings. The van der Waals surface area contributed by atoms with Gasteiger partial charge >= 0.3 is 5.97 Å². The van der Waals surface area contributed by atoms with Gasteiger partial charge in [0.05, 0.1) is 24.8 Å². The summed E-state index contributed by atoms with van der Waals surface area (Å²) in [5, 5.41) is 13.6. The minimum absolute atomic E-state index is 0.0979. The summed E-state index contributed by atoms with van der Waals surface area (Å²) in [5.41, 5.74) is -1.92. The lowest BCUT2D eigenvalue weighted by Gasteiger charge is -2.26. The number of nitrogens with zero attached hydrogens (tertiary/aromatic N) is 2. The first-order valence-corrected chi connectivity index (χ1v) is 8.51. The van der Waals surface area contributed by atoms with Crippen LogP contribution in [0.25, 0.3) is 0 Å². The molecular formula is C18H17N3O8. The van der Waals surface area contributed by atoms with Crippen molar-refractivity contribution in [3.05, 3.63) is 62.6 Å². The van der Waals surface area contributed by atoms with Crippen molar-refractivity contribution in [2.24, 2.45) is 0 Å². The molecule has 29 heavy (non-hydrogen) atoms. The van der Waals surface area contributed by atoms with E-state index in [1.54, 1.807) is 18.2 Å². The molecule has 1 unspecified atom stereocenters. The second-order valence-corrected chi connectivity index (χ2v) is 6.10. The van der Waals surface area contributed by atoms with Crippen LogP contribution in [0.4, 0.5) is 5.69 Å². The highest BCUT2D eigenvalue weighted by atomic mass is 16.6. The predicted molar refractivity (Wildman–Crippen MR) is 98.1 cm³/mol. The number of ether oxygens (including phenoxy) is 3. The number of para-hydroxylation sites is 2. The lowest BCUT2D eigenvalue weighted by atomic mass is 10.2. The van der Waals surface area contributed by atoms with E-state index in [9.17, 15) is 24.5 Å². The number of hydrogen-bond acceptors (Lipinski definition) is 8. The molecule has 0 aliphatic carbocycles. The normalized spacial score (nSPS) is 14.7. The van der Waals surface area contributed by atoms with E-state index in [2.05, 4.69) is 10.1 Å². The van der Waals surface area contributed by atoms with Crippen LogP contribution in [0.3, 0.4) is 0 Å². The van der Waals surface area contributed by atoms with Gasteiger partial charge in [-0.2, -0.15) is 0 Å². The highest BCUT2D eigenvalue weighted by Crippen LogP contribution is 2.30. The highest BCUT2D eigenvalue weighted by Gasteiger charge is 2.23. The molecule has 1 aliphatic heterocycles. The quantitative estimate of drug-likeness (QED) is 0.418. The third-order valence-electron chi connectivity index (χ3n) is 4.10. The first-order valence-electron chi connectivity index (χ1n) is 8.51. The molecule has 0 radical (unpaired) electrons. The second kappa shape index (κ2) is 8.42. The Morgan fingerprint density at radius 3 is 2.76 bits per heavy atom. The van der Waals surface area contributed by atoms with Crippen molar-refractivity contribution < 1.29 is 28.7 Å². The Hall–Kier alpha value is -3.89. The molecular weight excluding hydrogens is 386 g/mol. The summed E-state index contributed by atoms with van der Waals surface area (Å²) in [4.78, 5) is 46.5. The van der Waals surface area contributed by atoms with Crippen molar-refractivity contribution >= 4 is 17.6 Å². The summed E-state index contributed by atoms with van der Waals surface area (Å²) >= 11 is 0. The standard InChI is InChI=1S/C18H17N3O8/c1-27-18(24)13-6-11(21(25)26)8-20(17(13)23)9-16(22)19-7-12-10-28-14-4-2-3-5-15(14)29-12/h2-6,8,12H,7,9-10H2,1H3,(H,19,22). The van der Waals surface area contributed by atoms with Crippen LogP contribution in [-0.4, -0.2) is 47.7 Å². The summed E-state index contributed by atoms with van der Waals surface area (Å²) < 4.78 is 16.5. The van der Waals surface area contributed by atoms with Crippen LogP contribution in [0.5, 0.6) is 11.5 Å². The number of amides is 1. The third-order valence-corrected chi connectivity index (χ3v) is 4.10. The van der Waals surface area contributed by atoms with Gasteiger partial charge in [0.1, 0.15) is 24.8 Å². The number of fused-ring (bicyclic) bond motifs is 1. The van der Waals surface area contributed by atoms with Gasteiger partial charge in [0.25, 0.3) is 11.2 Å². The largest absolute Gasteiger partial charge is 0.486 e. The lowest BCUT2D eigenvalue weighted by Crippen LogP contribution is -2.42. The van der Waals surface area contributed by atoms with Crippen molar-refractivity contribution in [2.75, 3.05) is 20.3 Å². The molecule has 2 aromatic rings. The fourth-order valence-electron chi connectivity index (χ4n) is 2.70. The second-order valence-electron chi connectivity index (χ2n) is 6.10. The van der Waals surface area contributed by atoms with Crippen LogP contribution < -0.4 is 20.3 Å². The highest BCUT2D eigenvalue weighted by molar-refractivity contribution is 5.89. The Bertz CT molecular complexity index is 1020. The molecule has 1 N–H and O–H groups in total. The van der Waals surface area contributed by atoms with Gasteiger partial charge in [0.15, 0.2) is 11.5 Å². The van der Waals surface area contributed by atoms with Crippen molar-refractivity contribution in [2.45, 2.75) is 12.6 Å². The third kappa shape index (κ3) is 4.51. The molecule has 1 aromatic heterocycles. The molecule has 0 saturated heterocycles. The number of aromatic nitrogens is 1. The number of carbonyl (C=O) groups excluding carboxylic acids is 2. The average Bonchev–Trinajstić information content (AvgIpc) is 2.72. The monoisotopic (exact) mass is 403 g/mol. The average molecular weight is 403 g/mol. The van der Waals surface area contributed by atoms with E-state index in [0.29, 0.717) is 11.5 Å². The first kappa shape index (κ1) is 19.9. The molecule has 152 valence electrons. The Balaban J connectivity index is 1.67. The molecule has 0 bridgehead atoms. The number of rotatable bonds is 6. The van der Waals surface area contributed by atoms with Gasteiger partial charge in [-0.05, 0) is 12.1 Å². The number of nitro groups is 1. The van der Waals surface area contributed by atoms with E-state index in [0.717, 1.165) is 23.9 Å². The van der Waals surface area contributed by atoms with Crippen molar-refractivity contribution in [1.29, 1.82) is 0 Å². The Morgan fingerprint density at radius 2 is 2.07 bits per heavy atom. The molecule has 3 rings (SSSR count). The number of hydrogen-bond donors (Lipinski definition) is 1. The van der Waals surface area contributed by atoms with Gasteiger partial charge in [0, 0.05) is 6.07 Å². The van der Waals surface area contributed by atoms with Crippen LogP contribution >= 0.6 is 0 Å². The van der Waals surface area contributed by atoms with Gasteiger partial charge in [-0.1, -0.05) is 12.1 Å². The number of carbonyl (C=O) groups is 2. The van der Waals surface area contributed by atoms with E-state index in [4.69, 9.17) is 9.47 Å². The smallest absolute Gasteiger partial charge is 0.343 e. The SMILES string of the molecule is COC(=O)c1cc([N+](=O)[O-])cn(CC(=O)NCC2COc3ccccc3O2)c1=O. The van der Waals surface area contributed by atoms with E-state index in [-0.39, 0.29) is 13.2 Å². The summed E-state index contributed by atoms with van der Waals surface area (Å²) in [6, 6.07) is 7.91. The molecule has 0 fully saturated rings. The van der Waals surface area contributed by atoms with Gasteiger partial charge < -0.3 is 19.5 Å². The molecule has 0 saturated carbocycles. The molecule has 1 atom stereocenters.